The Balaban J connectivity index is 1.58. The van der Waals surface area contributed by atoms with E-state index in [1.807, 2.05) is 37.3 Å². The largest absolute Gasteiger partial charge is 0.444 e. The average Bonchev–Trinajstić information content (AvgIpc) is 2.96. The van der Waals surface area contributed by atoms with Crippen LogP contribution < -0.4 is 5.32 Å². The highest BCUT2D eigenvalue weighted by Crippen LogP contribution is 2.04. The van der Waals surface area contributed by atoms with Crippen molar-refractivity contribution in [3.05, 3.63) is 53.7 Å². The Morgan fingerprint density at radius 3 is 2.86 bits per heavy atom. The van der Waals surface area contributed by atoms with Crippen LogP contribution in [0, 0.1) is 0 Å². The van der Waals surface area contributed by atoms with Crippen molar-refractivity contribution < 1.29 is 14.3 Å². The molecule has 0 spiro atoms. The van der Waals surface area contributed by atoms with Crippen molar-refractivity contribution in [3.8, 4) is 0 Å². The second-order valence-corrected chi connectivity index (χ2v) is 4.86. The number of ether oxygens (including phenoxy) is 1. The van der Waals surface area contributed by atoms with Gasteiger partial charge >= 0.3 is 0 Å². The van der Waals surface area contributed by atoms with E-state index in [0.29, 0.717) is 32.2 Å². The van der Waals surface area contributed by atoms with E-state index in [1.165, 1.54) is 0 Å². The summed E-state index contributed by atoms with van der Waals surface area (Å²) in [6.07, 6.45) is 2.02. The fourth-order valence-electron chi connectivity index (χ4n) is 1.88. The van der Waals surface area contributed by atoms with Crippen LogP contribution in [0.2, 0.25) is 0 Å². The minimum absolute atomic E-state index is 0.299. The van der Waals surface area contributed by atoms with Gasteiger partial charge in [-0.1, -0.05) is 37.3 Å². The van der Waals surface area contributed by atoms with Crippen LogP contribution >= 0.6 is 0 Å². The minimum atomic E-state index is -0.547. The summed E-state index contributed by atoms with van der Waals surface area (Å²) < 4.78 is 10.9. The number of hydrogen-bond donors (Lipinski definition) is 2. The molecule has 0 aliphatic heterocycles. The number of rotatable bonds is 9. The highest BCUT2D eigenvalue weighted by Gasteiger charge is 2.06. The van der Waals surface area contributed by atoms with Gasteiger partial charge in [-0.3, -0.25) is 0 Å². The average molecular weight is 290 g/mol. The molecule has 2 rings (SSSR count). The van der Waals surface area contributed by atoms with Gasteiger partial charge in [-0.05, 0) is 5.56 Å². The first-order valence-corrected chi connectivity index (χ1v) is 7.22. The predicted octanol–water partition coefficient (Wildman–Crippen LogP) is 1.90. The maximum Gasteiger partial charge on any atom is 0.208 e. The Morgan fingerprint density at radius 1 is 1.33 bits per heavy atom. The van der Waals surface area contributed by atoms with Gasteiger partial charge < -0.3 is 19.6 Å². The summed E-state index contributed by atoms with van der Waals surface area (Å²) in [5.41, 5.74) is 1.10. The summed E-state index contributed by atoms with van der Waals surface area (Å²) in [6, 6.07) is 9.90. The zero-order chi connectivity index (χ0) is 14.9. The smallest absolute Gasteiger partial charge is 0.208 e. The lowest BCUT2D eigenvalue weighted by molar-refractivity contribution is 0.0285. The Morgan fingerprint density at radius 2 is 2.14 bits per heavy atom. The molecule has 0 aliphatic carbocycles. The molecule has 1 unspecified atom stereocenters. The molecule has 114 valence electrons. The quantitative estimate of drug-likeness (QED) is 0.738. The number of aliphatic hydroxyl groups is 1. The summed E-state index contributed by atoms with van der Waals surface area (Å²) in [5, 5.41) is 12.9. The lowest BCUT2D eigenvalue weighted by atomic mass is 10.2. The highest BCUT2D eigenvalue weighted by atomic mass is 16.5. The molecule has 21 heavy (non-hydrogen) atoms. The van der Waals surface area contributed by atoms with Crippen molar-refractivity contribution in [2.24, 2.45) is 0 Å². The van der Waals surface area contributed by atoms with E-state index < -0.39 is 6.10 Å². The molecule has 1 atom stereocenters. The molecule has 1 heterocycles. The number of oxazole rings is 1. The van der Waals surface area contributed by atoms with E-state index in [1.54, 1.807) is 6.20 Å². The number of hydrogen-bond acceptors (Lipinski definition) is 5. The van der Waals surface area contributed by atoms with Gasteiger partial charge in [0.15, 0.2) is 0 Å². The molecule has 0 bridgehead atoms. The summed E-state index contributed by atoms with van der Waals surface area (Å²) in [5.74, 6) is 1.52. The number of aromatic nitrogens is 1. The molecular weight excluding hydrogens is 268 g/mol. The molecule has 0 saturated carbocycles. The van der Waals surface area contributed by atoms with Gasteiger partial charge in [0.05, 0.1) is 32.1 Å². The number of aryl methyl sites for hydroxylation is 1. The van der Waals surface area contributed by atoms with Crippen molar-refractivity contribution in [3.63, 3.8) is 0 Å². The second kappa shape index (κ2) is 8.56. The Bertz CT molecular complexity index is 513. The van der Waals surface area contributed by atoms with Gasteiger partial charge in [0, 0.05) is 13.0 Å². The Hall–Kier alpha value is -1.69. The predicted molar refractivity (Wildman–Crippen MR) is 79.7 cm³/mol. The summed E-state index contributed by atoms with van der Waals surface area (Å²) in [6.45, 7) is 3.78. The van der Waals surface area contributed by atoms with Crippen LogP contribution in [0.15, 0.2) is 40.9 Å². The lowest BCUT2D eigenvalue weighted by Crippen LogP contribution is -2.30. The first-order valence-electron chi connectivity index (χ1n) is 7.22. The van der Waals surface area contributed by atoms with Crippen LogP contribution in [0.1, 0.15) is 24.1 Å². The van der Waals surface area contributed by atoms with Gasteiger partial charge in [0.2, 0.25) is 5.89 Å². The summed E-state index contributed by atoms with van der Waals surface area (Å²) >= 11 is 0. The Kier molecular flexibility index (Phi) is 6.40. The van der Waals surface area contributed by atoms with E-state index in [2.05, 4.69) is 10.3 Å². The molecule has 5 nitrogen and oxygen atoms in total. The Labute approximate surface area is 125 Å². The topological polar surface area (TPSA) is 67.5 Å². The van der Waals surface area contributed by atoms with Crippen LogP contribution in [0.3, 0.4) is 0 Å². The number of nitrogens with one attached hydrogen (secondary N) is 1. The van der Waals surface area contributed by atoms with E-state index in [0.717, 1.165) is 17.7 Å². The maximum atomic E-state index is 9.82. The van der Waals surface area contributed by atoms with E-state index in [4.69, 9.17) is 9.15 Å². The number of aliphatic hydroxyl groups excluding tert-OH is 1. The molecule has 0 fully saturated rings. The SMILES string of the molecule is CCc1cnc(CNCC(O)COCc2ccccc2)o1. The molecule has 1 aromatic carbocycles. The van der Waals surface area contributed by atoms with Gasteiger partial charge in [0.25, 0.3) is 0 Å². The van der Waals surface area contributed by atoms with Crippen LogP contribution in [0.25, 0.3) is 0 Å². The van der Waals surface area contributed by atoms with Crippen LogP contribution in [-0.4, -0.2) is 29.3 Å². The number of benzene rings is 1. The monoisotopic (exact) mass is 290 g/mol. The molecular formula is C16H22N2O3. The summed E-state index contributed by atoms with van der Waals surface area (Å²) in [4.78, 5) is 4.14. The fraction of sp³-hybridized carbons (Fsp3) is 0.438. The molecule has 1 aromatic heterocycles. The third-order valence-electron chi connectivity index (χ3n) is 3.03. The normalized spacial score (nSPS) is 12.5. The van der Waals surface area contributed by atoms with Gasteiger partial charge in [0.1, 0.15) is 5.76 Å². The van der Waals surface area contributed by atoms with Crippen molar-refractivity contribution in [2.75, 3.05) is 13.2 Å². The number of nitrogens with zero attached hydrogens (tertiary/aromatic N) is 1. The molecule has 5 heteroatoms. The third-order valence-corrected chi connectivity index (χ3v) is 3.03. The summed E-state index contributed by atoms with van der Waals surface area (Å²) in [7, 11) is 0. The second-order valence-electron chi connectivity index (χ2n) is 4.86. The molecule has 2 aromatic rings. The zero-order valence-electron chi connectivity index (χ0n) is 12.3. The first-order chi connectivity index (χ1) is 10.3. The molecule has 0 radical (unpaired) electrons. The zero-order valence-corrected chi connectivity index (χ0v) is 12.3. The van der Waals surface area contributed by atoms with E-state index in [9.17, 15) is 5.11 Å². The van der Waals surface area contributed by atoms with E-state index in [-0.39, 0.29) is 0 Å². The van der Waals surface area contributed by atoms with Gasteiger partial charge in [-0.25, -0.2) is 4.98 Å². The van der Waals surface area contributed by atoms with Crippen molar-refractivity contribution >= 4 is 0 Å². The fourth-order valence-corrected chi connectivity index (χ4v) is 1.88. The maximum absolute atomic E-state index is 9.82. The molecule has 2 N–H and O–H groups in total. The standard InChI is InChI=1S/C16H22N2O3/c1-2-15-9-18-16(21-15)10-17-8-14(19)12-20-11-13-6-4-3-5-7-13/h3-7,9,14,17,19H,2,8,10-12H2,1H3. The van der Waals surface area contributed by atoms with Crippen molar-refractivity contribution in [1.82, 2.24) is 10.3 Å². The molecule has 0 aliphatic rings. The van der Waals surface area contributed by atoms with Gasteiger partial charge in [-0.2, -0.15) is 0 Å². The van der Waals surface area contributed by atoms with Crippen LogP contribution in [0.4, 0.5) is 0 Å². The van der Waals surface area contributed by atoms with Gasteiger partial charge in [-0.15, -0.1) is 0 Å². The van der Waals surface area contributed by atoms with E-state index >= 15 is 0 Å². The van der Waals surface area contributed by atoms with Crippen molar-refractivity contribution in [2.45, 2.75) is 32.6 Å². The lowest BCUT2D eigenvalue weighted by Gasteiger charge is -2.11. The third kappa shape index (κ3) is 5.67. The molecule has 0 saturated heterocycles. The highest BCUT2D eigenvalue weighted by molar-refractivity contribution is 5.13. The van der Waals surface area contributed by atoms with Crippen LogP contribution in [-0.2, 0) is 24.3 Å². The first kappa shape index (κ1) is 15.7. The van der Waals surface area contributed by atoms with Crippen molar-refractivity contribution in [1.29, 1.82) is 0 Å². The van der Waals surface area contributed by atoms with Crippen LogP contribution in [0.5, 0.6) is 0 Å². The minimum Gasteiger partial charge on any atom is -0.444 e. The molecule has 0 amide bonds.